The molecule has 120 valence electrons. The second-order valence-corrected chi connectivity index (χ2v) is 7.44. The van der Waals surface area contributed by atoms with Crippen LogP contribution in [0.4, 0.5) is 0 Å². The van der Waals surface area contributed by atoms with Gasteiger partial charge >= 0.3 is 0 Å². The van der Waals surface area contributed by atoms with Crippen LogP contribution in [0.15, 0.2) is 29.7 Å². The maximum atomic E-state index is 9.13. The Morgan fingerprint density at radius 3 is 2.87 bits per heavy atom. The fourth-order valence-corrected chi connectivity index (χ4v) is 4.01. The van der Waals surface area contributed by atoms with E-state index >= 15 is 0 Å². The van der Waals surface area contributed by atoms with Gasteiger partial charge in [0.05, 0.1) is 11.3 Å². The molecule has 2 aromatic heterocycles. The van der Waals surface area contributed by atoms with Gasteiger partial charge in [0.1, 0.15) is 0 Å². The van der Waals surface area contributed by atoms with Crippen LogP contribution in [-0.2, 0) is 0 Å². The molecular formula is C17H21N5S. The number of hydrogen-bond donors (Lipinski definition) is 0. The molecule has 0 bridgehead atoms. The number of hydrogen-bond acceptors (Lipinski definition) is 5. The van der Waals surface area contributed by atoms with Gasteiger partial charge in [-0.3, -0.25) is 9.55 Å². The van der Waals surface area contributed by atoms with E-state index in [0.29, 0.717) is 12.0 Å². The normalized spacial score (nSPS) is 22.5. The molecule has 2 heterocycles. The van der Waals surface area contributed by atoms with Crippen LogP contribution >= 0.6 is 11.8 Å². The van der Waals surface area contributed by atoms with Crippen LogP contribution in [0, 0.1) is 17.2 Å². The zero-order chi connectivity index (χ0) is 16.2. The van der Waals surface area contributed by atoms with Crippen molar-refractivity contribution >= 4 is 11.8 Å². The minimum Gasteiger partial charge on any atom is -0.299 e. The smallest absolute Gasteiger partial charge is 0.193 e. The number of thioether (sulfide) groups is 1. The van der Waals surface area contributed by atoms with Crippen LogP contribution in [0.25, 0.3) is 11.4 Å². The Labute approximate surface area is 141 Å². The summed E-state index contributed by atoms with van der Waals surface area (Å²) in [6, 6.07) is 6.60. The number of rotatable bonds is 4. The summed E-state index contributed by atoms with van der Waals surface area (Å²) in [6.07, 6.45) is 8.49. The van der Waals surface area contributed by atoms with Crippen LogP contribution in [-0.4, -0.2) is 25.0 Å². The Bertz CT molecular complexity index is 691. The van der Waals surface area contributed by atoms with Crippen molar-refractivity contribution in [1.29, 1.82) is 5.26 Å². The molecule has 0 spiro atoms. The topological polar surface area (TPSA) is 67.4 Å². The van der Waals surface area contributed by atoms with Crippen molar-refractivity contribution in [3.8, 4) is 17.5 Å². The van der Waals surface area contributed by atoms with Gasteiger partial charge in [0, 0.05) is 24.0 Å². The molecule has 1 saturated carbocycles. The molecule has 0 aliphatic heterocycles. The maximum Gasteiger partial charge on any atom is 0.193 e. The molecule has 23 heavy (non-hydrogen) atoms. The van der Waals surface area contributed by atoms with Gasteiger partial charge in [0.15, 0.2) is 11.0 Å². The van der Waals surface area contributed by atoms with Gasteiger partial charge in [-0.1, -0.05) is 31.5 Å². The van der Waals surface area contributed by atoms with Crippen molar-refractivity contribution in [3.63, 3.8) is 0 Å². The third-order valence-electron chi connectivity index (χ3n) is 4.45. The summed E-state index contributed by atoms with van der Waals surface area (Å²) in [7, 11) is 0. The third kappa shape index (κ3) is 3.40. The number of aromatic nitrogens is 4. The first-order chi connectivity index (χ1) is 11.2. The molecule has 0 aromatic carbocycles. The van der Waals surface area contributed by atoms with E-state index in [1.807, 2.05) is 25.3 Å². The summed E-state index contributed by atoms with van der Waals surface area (Å²) < 4.78 is 2.25. The average Bonchev–Trinajstić information content (AvgIpc) is 2.99. The monoisotopic (exact) mass is 327 g/mol. The second kappa shape index (κ2) is 7.14. The molecule has 0 unspecified atom stereocenters. The molecule has 0 radical (unpaired) electrons. The minimum atomic E-state index is -0.140. The minimum absolute atomic E-state index is 0.140. The first-order valence-electron chi connectivity index (χ1n) is 8.12. The summed E-state index contributed by atoms with van der Waals surface area (Å²) in [6.45, 7) is 4.21. The highest BCUT2D eigenvalue weighted by molar-refractivity contribution is 8.00. The van der Waals surface area contributed by atoms with Gasteiger partial charge in [-0.15, -0.1) is 10.2 Å². The Morgan fingerprint density at radius 1 is 1.35 bits per heavy atom. The Kier molecular flexibility index (Phi) is 4.97. The molecule has 0 saturated heterocycles. The van der Waals surface area contributed by atoms with Crippen LogP contribution in [0.1, 0.15) is 45.6 Å². The van der Waals surface area contributed by atoms with Gasteiger partial charge in [-0.25, -0.2) is 0 Å². The first kappa shape index (κ1) is 16.0. The van der Waals surface area contributed by atoms with E-state index in [9.17, 15) is 0 Å². The highest BCUT2D eigenvalue weighted by Gasteiger charge is 2.29. The van der Waals surface area contributed by atoms with Crippen LogP contribution in [0.3, 0.4) is 0 Å². The lowest BCUT2D eigenvalue weighted by molar-refractivity contribution is 0.247. The van der Waals surface area contributed by atoms with Gasteiger partial charge in [0.2, 0.25) is 0 Å². The lowest BCUT2D eigenvalue weighted by Crippen LogP contribution is -2.22. The fraction of sp³-hybridized carbons (Fsp3) is 0.529. The molecule has 5 nitrogen and oxygen atoms in total. The Morgan fingerprint density at radius 2 is 2.17 bits per heavy atom. The molecule has 3 atom stereocenters. The second-order valence-electron chi connectivity index (χ2n) is 6.14. The molecule has 1 aliphatic rings. The molecule has 1 fully saturated rings. The summed E-state index contributed by atoms with van der Waals surface area (Å²) in [5, 5.41) is 18.7. The molecule has 6 heteroatoms. The van der Waals surface area contributed by atoms with Crippen LogP contribution < -0.4 is 0 Å². The Balaban J connectivity index is 2.04. The van der Waals surface area contributed by atoms with Crippen molar-refractivity contribution in [2.75, 3.05) is 0 Å². The van der Waals surface area contributed by atoms with Crippen molar-refractivity contribution in [1.82, 2.24) is 19.7 Å². The highest BCUT2D eigenvalue weighted by Crippen LogP contribution is 2.39. The fourth-order valence-electron chi connectivity index (χ4n) is 3.21. The quantitative estimate of drug-likeness (QED) is 0.791. The van der Waals surface area contributed by atoms with E-state index < -0.39 is 0 Å². The molecule has 0 N–H and O–H groups in total. The van der Waals surface area contributed by atoms with Gasteiger partial charge in [-0.2, -0.15) is 5.26 Å². The van der Waals surface area contributed by atoms with E-state index in [-0.39, 0.29) is 5.25 Å². The maximum absolute atomic E-state index is 9.13. The predicted octanol–water partition coefficient (Wildman–Crippen LogP) is 4.10. The standard InChI is InChI=1S/C17H21N5S/c1-12-6-3-4-8-15(12)22-16(14-7-5-9-19-11-14)20-21-17(22)23-13(2)10-18/h5,7,9,11-13,15H,3-4,6,8H2,1-2H3/t12-,13-,15-/m0/s1. The van der Waals surface area contributed by atoms with Crippen molar-refractivity contribution in [2.24, 2.45) is 5.92 Å². The average molecular weight is 327 g/mol. The molecule has 1 aliphatic carbocycles. The molecule has 2 aromatic rings. The highest BCUT2D eigenvalue weighted by atomic mass is 32.2. The van der Waals surface area contributed by atoms with E-state index in [0.717, 1.165) is 23.0 Å². The first-order valence-corrected chi connectivity index (χ1v) is 9.00. The number of pyridine rings is 1. The summed E-state index contributed by atoms with van der Waals surface area (Å²) in [5.41, 5.74) is 0.981. The molecular weight excluding hydrogens is 306 g/mol. The lowest BCUT2D eigenvalue weighted by Gasteiger charge is -2.31. The van der Waals surface area contributed by atoms with Gasteiger partial charge < -0.3 is 0 Å². The van der Waals surface area contributed by atoms with E-state index in [1.165, 1.54) is 31.0 Å². The predicted molar refractivity (Wildman–Crippen MR) is 90.9 cm³/mol. The van der Waals surface area contributed by atoms with Crippen LogP contribution in [0.2, 0.25) is 0 Å². The van der Waals surface area contributed by atoms with E-state index in [4.69, 9.17) is 5.26 Å². The van der Waals surface area contributed by atoms with Crippen molar-refractivity contribution < 1.29 is 0 Å². The number of nitrogens with zero attached hydrogens (tertiary/aromatic N) is 5. The van der Waals surface area contributed by atoms with E-state index in [1.54, 1.807) is 6.20 Å². The van der Waals surface area contributed by atoms with Gasteiger partial charge in [0.25, 0.3) is 0 Å². The summed E-state index contributed by atoms with van der Waals surface area (Å²) in [4.78, 5) is 4.21. The summed E-state index contributed by atoms with van der Waals surface area (Å²) >= 11 is 1.49. The van der Waals surface area contributed by atoms with Crippen molar-refractivity contribution in [3.05, 3.63) is 24.5 Å². The third-order valence-corrected chi connectivity index (χ3v) is 5.39. The molecule has 0 amide bonds. The van der Waals surface area contributed by atoms with Crippen LogP contribution in [0.5, 0.6) is 0 Å². The number of nitriles is 1. The largest absolute Gasteiger partial charge is 0.299 e. The van der Waals surface area contributed by atoms with Gasteiger partial charge in [-0.05, 0) is 37.8 Å². The Hall–Kier alpha value is -1.87. The zero-order valence-corrected chi connectivity index (χ0v) is 14.3. The van der Waals surface area contributed by atoms with E-state index in [2.05, 4.69) is 32.7 Å². The molecule has 3 rings (SSSR count). The SMILES string of the molecule is C[C@@H](C#N)Sc1nnc(-c2cccnc2)n1[C@H]1CCCC[C@@H]1C. The summed E-state index contributed by atoms with van der Waals surface area (Å²) in [5.74, 6) is 1.46. The van der Waals surface area contributed by atoms with Crippen molar-refractivity contribution in [2.45, 2.75) is 56.0 Å². The zero-order valence-electron chi connectivity index (χ0n) is 13.5. The lowest BCUT2D eigenvalue weighted by atomic mass is 9.85.